The fraction of sp³-hybridized carbons (Fsp3) is 0.348. The van der Waals surface area contributed by atoms with E-state index in [2.05, 4.69) is 10.2 Å². The van der Waals surface area contributed by atoms with Crippen LogP contribution in [-0.4, -0.2) is 34.7 Å². The summed E-state index contributed by atoms with van der Waals surface area (Å²) in [6, 6.07) is 10.7. The molecule has 1 aromatic heterocycles. The molecule has 8 heteroatoms. The van der Waals surface area contributed by atoms with Crippen LogP contribution in [0.2, 0.25) is 0 Å². The van der Waals surface area contributed by atoms with Crippen LogP contribution in [0.3, 0.4) is 0 Å². The number of anilines is 2. The van der Waals surface area contributed by atoms with Crippen LogP contribution in [0, 0.1) is 0 Å². The minimum Gasteiger partial charge on any atom is -0.493 e. The minimum absolute atomic E-state index is 0.293. The van der Waals surface area contributed by atoms with Gasteiger partial charge in [0.05, 0.1) is 34.6 Å². The van der Waals surface area contributed by atoms with E-state index < -0.39 is 11.1 Å². The van der Waals surface area contributed by atoms with Gasteiger partial charge in [-0.1, -0.05) is 12.1 Å². The van der Waals surface area contributed by atoms with Gasteiger partial charge in [-0.15, -0.1) is 0 Å². The molecule has 1 aliphatic rings. The minimum atomic E-state index is -0.608. The second-order valence-corrected chi connectivity index (χ2v) is 7.66. The third-order valence-corrected chi connectivity index (χ3v) is 5.73. The zero-order chi connectivity index (χ0) is 22.1. The Bertz CT molecular complexity index is 1270. The molecule has 1 fully saturated rings. The summed E-state index contributed by atoms with van der Waals surface area (Å²) in [5.74, 6) is 0.222. The Kier molecular flexibility index (Phi) is 5.54. The van der Waals surface area contributed by atoms with Crippen molar-refractivity contribution in [1.82, 2.24) is 9.13 Å². The lowest BCUT2D eigenvalue weighted by atomic mass is 10.1. The van der Waals surface area contributed by atoms with Gasteiger partial charge in [0.25, 0.3) is 5.91 Å². The van der Waals surface area contributed by atoms with Gasteiger partial charge >= 0.3 is 11.1 Å². The molecule has 1 N–H and O–H groups in total. The molecule has 8 nitrogen and oxygen atoms in total. The van der Waals surface area contributed by atoms with E-state index in [-0.39, 0.29) is 5.91 Å². The fourth-order valence-corrected chi connectivity index (χ4v) is 4.05. The maximum atomic E-state index is 13.2. The summed E-state index contributed by atoms with van der Waals surface area (Å²) >= 11 is 0. The van der Waals surface area contributed by atoms with Crippen LogP contribution >= 0.6 is 0 Å². The van der Waals surface area contributed by atoms with Gasteiger partial charge < -0.3 is 24.1 Å². The van der Waals surface area contributed by atoms with Crippen molar-refractivity contribution >= 4 is 28.3 Å². The zero-order valence-corrected chi connectivity index (χ0v) is 18.0. The molecule has 1 aliphatic heterocycles. The number of ether oxygens (including phenoxy) is 1. The Morgan fingerprint density at radius 2 is 1.61 bits per heavy atom. The first-order chi connectivity index (χ1) is 14.9. The highest BCUT2D eigenvalue weighted by Crippen LogP contribution is 2.33. The predicted molar refractivity (Wildman–Crippen MR) is 121 cm³/mol. The lowest BCUT2D eigenvalue weighted by molar-refractivity contribution is 0.102. The largest absolute Gasteiger partial charge is 0.493 e. The van der Waals surface area contributed by atoms with Crippen LogP contribution < -0.4 is 26.1 Å². The van der Waals surface area contributed by atoms with E-state index in [1.165, 1.54) is 9.13 Å². The van der Waals surface area contributed by atoms with Crippen molar-refractivity contribution in [2.24, 2.45) is 14.1 Å². The number of fused-ring (bicyclic) bond motifs is 1. The Hall–Kier alpha value is -3.55. The Balaban J connectivity index is 1.86. The van der Waals surface area contributed by atoms with Crippen LogP contribution in [0.25, 0.3) is 11.0 Å². The van der Waals surface area contributed by atoms with E-state index in [0.717, 1.165) is 31.6 Å². The molecule has 1 amide bonds. The van der Waals surface area contributed by atoms with E-state index in [1.807, 2.05) is 19.1 Å². The van der Waals surface area contributed by atoms with Crippen LogP contribution in [0.1, 0.15) is 30.1 Å². The number of nitrogens with zero attached hydrogens (tertiary/aromatic N) is 3. The molecule has 4 rings (SSSR count). The molecule has 0 bridgehead atoms. The third-order valence-electron chi connectivity index (χ3n) is 5.73. The summed E-state index contributed by atoms with van der Waals surface area (Å²) in [4.78, 5) is 40.0. The fourth-order valence-electron chi connectivity index (χ4n) is 4.05. The molecule has 0 saturated carbocycles. The van der Waals surface area contributed by atoms with Crippen molar-refractivity contribution < 1.29 is 9.53 Å². The summed E-state index contributed by atoms with van der Waals surface area (Å²) in [6.45, 7) is 4.05. The molecule has 0 aliphatic carbocycles. The molecular formula is C23H26N4O4. The monoisotopic (exact) mass is 422 g/mol. The van der Waals surface area contributed by atoms with E-state index in [4.69, 9.17) is 4.74 Å². The average Bonchev–Trinajstić information content (AvgIpc) is 3.31. The SMILES string of the molecule is CCOc1ccccc1C(=O)Nc1cc2c(cc1N1CCCC1)n(C)c(=O)c(=O)n2C. The molecule has 31 heavy (non-hydrogen) atoms. The summed E-state index contributed by atoms with van der Waals surface area (Å²) in [7, 11) is 3.16. The molecule has 0 atom stereocenters. The zero-order valence-electron chi connectivity index (χ0n) is 18.0. The second-order valence-electron chi connectivity index (χ2n) is 7.66. The predicted octanol–water partition coefficient (Wildman–Crippen LogP) is 2.49. The van der Waals surface area contributed by atoms with Gasteiger partial charge in [-0.3, -0.25) is 14.4 Å². The van der Waals surface area contributed by atoms with Crippen LogP contribution in [-0.2, 0) is 14.1 Å². The normalized spacial score (nSPS) is 13.6. The third kappa shape index (κ3) is 3.69. The highest BCUT2D eigenvalue weighted by Gasteiger charge is 2.21. The van der Waals surface area contributed by atoms with E-state index in [9.17, 15) is 14.4 Å². The molecule has 2 aromatic carbocycles. The van der Waals surface area contributed by atoms with Crippen LogP contribution in [0.5, 0.6) is 5.75 Å². The standard InChI is InChI=1S/C23H26N4O4/c1-4-31-20-10-6-5-9-15(20)21(28)24-16-13-18-19(14-17(16)27-11-7-8-12-27)26(3)23(30)22(29)25(18)2/h5-6,9-10,13-14H,4,7-8,11-12H2,1-3H3,(H,24,28). The van der Waals surface area contributed by atoms with Crippen molar-refractivity contribution in [3.8, 4) is 5.75 Å². The lowest BCUT2D eigenvalue weighted by Crippen LogP contribution is -2.39. The molecule has 0 spiro atoms. The molecule has 2 heterocycles. The van der Waals surface area contributed by atoms with Gasteiger partial charge in [0, 0.05) is 27.2 Å². The smallest absolute Gasteiger partial charge is 0.316 e. The number of aromatic nitrogens is 2. The van der Waals surface area contributed by atoms with Crippen LogP contribution in [0.4, 0.5) is 11.4 Å². The molecule has 0 radical (unpaired) electrons. The quantitative estimate of drug-likeness (QED) is 0.639. The van der Waals surface area contributed by atoms with E-state index in [0.29, 0.717) is 34.6 Å². The summed E-state index contributed by atoms with van der Waals surface area (Å²) in [5.41, 5.74) is 1.89. The van der Waals surface area contributed by atoms with Gasteiger partial charge in [-0.2, -0.15) is 0 Å². The highest BCUT2D eigenvalue weighted by molar-refractivity contribution is 6.08. The van der Waals surface area contributed by atoms with Crippen molar-refractivity contribution in [3.05, 3.63) is 62.7 Å². The number of amides is 1. The molecule has 1 saturated heterocycles. The molecule has 3 aromatic rings. The molecule has 0 unspecified atom stereocenters. The van der Waals surface area contributed by atoms with Gasteiger partial charge in [0.15, 0.2) is 0 Å². The van der Waals surface area contributed by atoms with Gasteiger partial charge in [-0.05, 0) is 44.0 Å². The average molecular weight is 422 g/mol. The van der Waals surface area contributed by atoms with Gasteiger partial charge in [-0.25, -0.2) is 0 Å². The van der Waals surface area contributed by atoms with Crippen LogP contribution in [0.15, 0.2) is 46.0 Å². The number of aryl methyl sites for hydroxylation is 2. The number of hydrogen-bond acceptors (Lipinski definition) is 5. The van der Waals surface area contributed by atoms with Crippen molar-refractivity contribution in [3.63, 3.8) is 0 Å². The first-order valence-corrected chi connectivity index (χ1v) is 10.4. The highest BCUT2D eigenvalue weighted by atomic mass is 16.5. The number of para-hydroxylation sites is 1. The first kappa shape index (κ1) is 20.7. The van der Waals surface area contributed by atoms with Gasteiger partial charge in [0.2, 0.25) is 0 Å². The number of nitrogens with one attached hydrogen (secondary N) is 1. The number of rotatable bonds is 5. The first-order valence-electron chi connectivity index (χ1n) is 10.4. The second kappa shape index (κ2) is 8.29. The number of benzene rings is 2. The Morgan fingerprint density at radius 1 is 1.00 bits per heavy atom. The number of carbonyl (C=O) groups excluding carboxylic acids is 1. The van der Waals surface area contributed by atoms with E-state index >= 15 is 0 Å². The Morgan fingerprint density at radius 3 is 2.26 bits per heavy atom. The topological polar surface area (TPSA) is 85.6 Å². The summed E-state index contributed by atoms with van der Waals surface area (Å²) < 4.78 is 8.30. The lowest BCUT2D eigenvalue weighted by Gasteiger charge is -2.23. The maximum absolute atomic E-state index is 13.2. The van der Waals surface area contributed by atoms with E-state index in [1.54, 1.807) is 38.4 Å². The summed E-state index contributed by atoms with van der Waals surface area (Å²) in [5, 5.41) is 3.01. The maximum Gasteiger partial charge on any atom is 0.316 e. The molecule has 162 valence electrons. The van der Waals surface area contributed by atoms with Crippen molar-refractivity contribution in [2.75, 3.05) is 29.9 Å². The van der Waals surface area contributed by atoms with Gasteiger partial charge in [0.1, 0.15) is 5.75 Å². The summed E-state index contributed by atoms with van der Waals surface area (Å²) in [6.07, 6.45) is 2.12. The molecular weight excluding hydrogens is 396 g/mol. The van der Waals surface area contributed by atoms with Crippen molar-refractivity contribution in [2.45, 2.75) is 19.8 Å². The van der Waals surface area contributed by atoms with Crippen molar-refractivity contribution in [1.29, 1.82) is 0 Å². The number of carbonyl (C=O) groups is 1. The Labute approximate surface area is 179 Å². The number of hydrogen-bond donors (Lipinski definition) is 1.